The first-order valence-electron chi connectivity index (χ1n) is 7.15. The third-order valence-corrected chi connectivity index (χ3v) is 3.81. The van der Waals surface area contributed by atoms with Gasteiger partial charge in [0.2, 0.25) is 5.91 Å². The van der Waals surface area contributed by atoms with E-state index in [9.17, 15) is 9.59 Å². The molecule has 0 aliphatic carbocycles. The van der Waals surface area contributed by atoms with Crippen LogP contribution in [0.2, 0.25) is 10.0 Å². The largest absolute Gasteiger partial charge is 0.355 e. The van der Waals surface area contributed by atoms with Crippen molar-refractivity contribution in [2.45, 2.75) is 26.4 Å². The monoisotopic (exact) mass is 346 g/mol. The quantitative estimate of drug-likeness (QED) is 0.678. The van der Waals surface area contributed by atoms with Gasteiger partial charge in [-0.3, -0.25) is 9.59 Å². The van der Waals surface area contributed by atoms with Gasteiger partial charge in [-0.2, -0.15) is 0 Å². The molecule has 2 atom stereocenters. The smallest absolute Gasteiger partial charge is 0.275 e. The Balaban J connectivity index is 2.46. The van der Waals surface area contributed by atoms with Crippen molar-refractivity contribution in [1.29, 1.82) is 0 Å². The van der Waals surface area contributed by atoms with Crippen LogP contribution in [0, 0.1) is 0 Å². The number of carbonyl (C=O) groups excluding carboxylic acids is 2. The molecule has 0 saturated carbocycles. The molecule has 0 saturated heterocycles. The van der Waals surface area contributed by atoms with E-state index in [0.717, 1.165) is 10.5 Å². The summed E-state index contributed by atoms with van der Waals surface area (Å²) in [6.45, 7) is 4.95. The zero-order valence-corrected chi connectivity index (χ0v) is 14.5. The summed E-state index contributed by atoms with van der Waals surface area (Å²) >= 11 is 11.8. The van der Waals surface area contributed by atoms with Crippen LogP contribution < -0.4 is 15.5 Å². The first kappa shape index (κ1) is 18.7. The molecule has 0 aliphatic rings. The van der Waals surface area contributed by atoms with Gasteiger partial charge >= 0.3 is 0 Å². The zero-order chi connectivity index (χ0) is 16.7. The van der Waals surface area contributed by atoms with Crippen LogP contribution in [-0.4, -0.2) is 38.0 Å². The molecule has 22 heavy (non-hydrogen) atoms. The maximum atomic E-state index is 11.9. The fraction of sp³-hybridized carbons (Fsp3) is 0.467. The Kier molecular flexibility index (Phi) is 7.65. The maximum absolute atomic E-state index is 11.9. The van der Waals surface area contributed by atoms with Crippen molar-refractivity contribution in [2.24, 2.45) is 0 Å². The van der Waals surface area contributed by atoms with Gasteiger partial charge in [0, 0.05) is 12.1 Å². The summed E-state index contributed by atoms with van der Waals surface area (Å²) in [6, 6.07) is 4.88. The first-order chi connectivity index (χ1) is 10.3. The average molecular weight is 347 g/mol. The van der Waals surface area contributed by atoms with Gasteiger partial charge in [-0.1, -0.05) is 29.3 Å². The lowest BCUT2D eigenvalue weighted by Gasteiger charge is -2.17. The minimum atomic E-state index is -0.537. The van der Waals surface area contributed by atoms with Crippen molar-refractivity contribution in [3.8, 4) is 0 Å². The van der Waals surface area contributed by atoms with Gasteiger partial charge in [-0.05, 0) is 26.0 Å². The molecule has 1 aromatic rings. The first-order valence-corrected chi connectivity index (χ1v) is 7.91. The molecule has 0 spiro atoms. The molecule has 3 N–H and O–H groups in total. The van der Waals surface area contributed by atoms with Gasteiger partial charge in [0.1, 0.15) is 12.6 Å². The van der Waals surface area contributed by atoms with E-state index in [1.807, 2.05) is 20.0 Å². The van der Waals surface area contributed by atoms with E-state index in [1.165, 1.54) is 0 Å². The molecule has 0 fully saturated rings. The van der Waals surface area contributed by atoms with E-state index in [0.29, 0.717) is 23.1 Å². The van der Waals surface area contributed by atoms with E-state index in [2.05, 4.69) is 10.6 Å². The summed E-state index contributed by atoms with van der Waals surface area (Å²) < 4.78 is 0. The summed E-state index contributed by atoms with van der Waals surface area (Å²) in [5, 5.41) is 6.36. The van der Waals surface area contributed by atoms with Gasteiger partial charge in [0.15, 0.2) is 6.54 Å². The highest BCUT2D eigenvalue weighted by Gasteiger charge is 2.17. The second kappa shape index (κ2) is 8.98. The minimum Gasteiger partial charge on any atom is -0.355 e. The lowest BCUT2D eigenvalue weighted by atomic mass is 10.2. The molecule has 2 amide bonds. The van der Waals surface area contributed by atoms with Crippen LogP contribution >= 0.6 is 23.2 Å². The zero-order valence-electron chi connectivity index (χ0n) is 13.0. The third-order valence-electron chi connectivity index (χ3n) is 3.07. The predicted molar refractivity (Wildman–Crippen MR) is 88.2 cm³/mol. The van der Waals surface area contributed by atoms with Gasteiger partial charge in [0.25, 0.3) is 5.91 Å². The molecule has 0 bridgehead atoms. The lowest BCUT2D eigenvalue weighted by molar-refractivity contribution is -0.885. The van der Waals surface area contributed by atoms with Crippen LogP contribution in [0.1, 0.15) is 19.4 Å². The molecule has 0 radical (unpaired) electrons. The number of hydrogen-bond acceptors (Lipinski definition) is 2. The molecule has 7 heteroatoms. The second-order valence-corrected chi connectivity index (χ2v) is 6.06. The number of amides is 2. The third kappa shape index (κ3) is 6.22. The Morgan fingerprint density at radius 2 is 1.95 bits per heavy atom. The lowest BCUT2D eigenvalue weighted by Crippen LogP contribution is -3.09. The highest BCUT2D eigenvalue weighted by molar-refractivity contribution is 6.42. The minimum absolute atomic E-state index is 0.170. The van der Waals surface area contributed by atoms with Crippen LogP contribution in [0.4, 0.5) is 0 Å². The number of halogens is 2. The van der Waals surface area contributed by atoms with Crippen molar-refractivity contribution < 1.29 is 14.5 Å². The van der Waals surface area contributed by atoms with Crippen LogP contribution in [0.15, 0.2) is 18.2 Å². The summed E-state index contributed by atoms with van der Waals surface area (Å²) in [4.78, 5) is 24.5. The van der Waals surface area contributed by atoms with Gasteiger partial charge in [0.05, 0.1) is 17.1 Å². The molecule has 5 nitrogen and oxygen atoms in total. The number of benzene rings is 1. The number of rotatable bonds is 7. The Labute approximate surface area is 141 Å². The maximum Gasteiger partial charge on any atom is 0.275 e. The Bertz CT molecular complexity index is 538. The van der Waals surface area contributed by atoms with Gasteiger partial charge in [-0.15, -0.1) is 0 Å². The normalized spacial score (nSPS) is 13.3. The van der Waals surface area contributed by atoms with Crippen LogP contribution in [-0.2, 0) is 16.1 Å². The molecule has 122 valence electrons. The molecule has 0 aliphatic heterocycles. The Morgan fingerprint density at radius 3 is 2.55 bits per heavy atom. The second-order valence-electron chi connectivity index (χ2n) is 5.24. The van der Waals surface area contributed by atoms with E-state index in [-0.39, 0.29) is 18.4 Å². The predicted octanol–water partition coefficient (Wildman–Crippen LogP) is 0.649. The molecule has 0 aromatic heterocycles. The van der Waals surface area contributed by atoms with E-state index >= 15 is 0 Å². The topological polar surface area (TPSA) is 62.6 Å². The van der Waals surface area contributed by atoms with Crippen molar-refractivity contribution >= 4 is 35.0 Å². The van der Waals surface area contributed by atoms with Crippen LogP contribution in [0.25, 0.3) is 0 Å². The van der Waals surface area contributed by atoms with Crippen molar-refractivity contribution in [3.63, 3.8) is 0 Å². The fourth-order valence-corrected chi connectivity index (χ4v) is 2.34. The van der Waals surface area contributed by atoms with Crippen molar-refractivity contribution in [3.05, 3.63) is 33.8 Å². The van der Waals surface area contributed by atoms with Crippen molar-refractivity contribution in [1.82, 2.24) is 10.6 Å². The summed E-state index contributed by atoms with van der Waals surface area (Å²) in [7, 11) is 1.90. The van der Waals surface area contributed by atoms with Crippen molar-refractivity contribution in [2.75, 3.05) is 20.1 Å². The fourth-order valence-electron chi connectivity index (χ4n) is 2.02. The molecule has 0 heterocycles. The number of carbonyl (C=O) groups is 2. The van der Waals surface area contributed by atoms with Gasteiger partial charge < -0.3 is 15.5 Å². The number of hydrogen-bond donors (Lipinski definition) is 3. The molecule has 1 aromatic carbocycles. The van der Waals surface area contributed by atoms with E-state index in [1.54, 1.807) is 19.1 Å². The SMILES string of the molecule is CCNC(=O)[C@@H](C)NC(=O)C[NH+](C)Cc1ccc(Cl)c(Cl)c1. The standard InChI is InChI=1S/C15H21Cl2N3O2/c1-4-18-15(22)10(2)19-14(21)9-20(3)8-11-5-6-12(16)13(17)7-11/h5-7,10H,4,8-9H2,1-3H3,(H,18,22)(H,19,21)/p+1/t10-/m1/s1. The average Bonchev–Trinajstić information content (AvgIpc) is 2.42. The Hall–Kier alpha value is -1.30. The van der Waals surface area contributed by atoms with E-state index in [4.69, 9.17) is 23.2 Å². The number of nitrogens with one attached hydrogen (secondary N) is 3. The van der Waals surface area contributed by atoms with E-state index < -0.39 is 6.04 Å². The van der Waals surface area contributed by atoms with Crippen LogP contribution in [0.3, 0.4) is 0 Å². The summed E-state index contributed by atoms with van der Waals surface area (Å²) in [5.41, 5.74) is 0.997. The molecule has 1 rings (SSSR count). The Morgan fingerprint density at radius 1 is 1.27 bits per heavy atom. The molecule has 1 unspecified atom stereocenters. The molecular formula is C15H22Cl2N3O2+. The highest BCUT2D eigenvalue weighted by Crippen LogP contribution is 2.22. The highest BCUT2D eigenvalue weighted by atomic mass is 35.5. The van der Waals surface area contributed by atoms with Crippen LogP contribution in [0.5, 0.6) is 0 Å². The summed E-state index contributed by atoms with van der Waals surface area (Å²) in [5.74, 6) is -0.353. The number of likely N-dealkylation sites (N-methyl/N-ethyl adjacent to an activating group) is 2. The number of quaternary nitrogens is 1. The molecular weight excluding hydrogens is 325 g/mol. The summed E-state index contributed by atoms with van der Waals surface area (Å²) in [6.07, 6.45) is 0. The van der Waals surface area contributed by atoms with Gasteiger partial charge in [-0.25, -0.2) is 0 Å².